The van der Waals surface area contributed by atoms with Crippen LogP contribution < -0.4 is 10.9 Å². The van der Waals surface area contributed by atoms with Gasteiger partial charge < -0.3 is 5.32 Å². The van der Waals surface area contributed by atoms with Gasteiger partial charge in [0.1, 0.15) is 5.01 Å². The predicted molar refractivity (Wildman–Crippen MR) is 98.5 cm³/mol. The monoisotopic (exact) mass is 342 g/mol. The summed E-state index contributed by atoms with van der Waals surface area (Å²) < 4.78 is 1.67. The lowest BCUT2D eigenvalue weighted by Crippen LogP contribution is -2.41. The van der Waals surface area contributed by atoms with E-state index >= 15 is 0 Å². The van der Waals surface area contributed by atoms with Gasteiger partial charge in [-0.15, -0.1) is 11.3 Å². The van der Waals surface area contributed by atoms with Crippen LogP contribution in [0.4, 0.5) is 0 Å². The first-order chi connectivity index (χ1) is 11.5. The van der Waals surface area contributed by atoms with E-state index in [9.17, 15) is 4.79 Å². The Morgan fingerprint density at radius 3 is 2.83 bits per heavy atom. The molecule has 0 aliphatic heterocycles. The van der Waals surface area contributed by atoms with Gasteiger partial charge in [-0.25, -0.2) is 9.97 Å². The normalized spacial score (nSPS) is 14.0. The van der Waals surface area contributed by atoms with Gasteiger partial charge in [-0.1, -0.05) is 19.1 Å². The summed E-state index contributed by atoms with van der Waals surface area (Å²) in [5, 5.41) is 7.38. The third-order valence-electron chi connectivity index (χ3n) is 4.40. The van der Waals surface area contributed by atoms with Gasteiger partial charge in [-0.3, -0.25) is 9.36 Å². The molecule has 1 unspecified atom stereocenters. The first kappa shape index (κ1) is 16.8. The molecule has 0 saturated carbocycles. The summed E-state index contributed by atoms with van der Waals surface area (Å²) in [6.45, 7) is 7.58. The second-order valence-corrected chi connectivity index (χ2v) is 7.02. The third-order valence-corrected chi connectivity index (χ3v) is 5.62. The van der Waals surface area contributed by atoms with Crippen molar-refractivity contribution in [2.24, 2.45) is 0 Å². The van der Waals surface area contributed by atoms with Crippen LogP contribution in [0.25, 0.3) is 10.9 Å². The van der Waals surface area contributed by atoms with Gasteiger partial charge in [0, 0.05) is 24.2 Å². The van der Waals surface area contributed by atoms with Crippen LogP contribution in [0.1, 0.15) is 31.0 Å². The summed E-state index contributed by atoms with van der Waals surface area (Å²) >= 11 is 1.68. The molecule has 24 heavy (non-hydrogen) atoms. The van der Waals surface area contributed by atoms with Crippen LogP contribution in [-0.2, 0) is 12.1 Å². The summed E-state index contributed by atoms with van der Waals surface area (Å²) in [6, 6.07) is 7.44. The fourth-order valence-electron chi connectivity index (χ4n) is 2.68. The zero-order chi connectivity index (χ0) is 17.2. The van der Waals surface area contributed by atoms with E-state index in [1.54, 1.807) is 22.2 Å². The number of nitrogens with zero attached hydrogens (tertiary/aromatic N) is 3. The molecule has 0 aliphatic rings. The quantitative estimate of drug-likeness (QED) is 0.748. The SMILES string of the molecule is CCC(C)(NCCn1cnc2ccccc2c1=O)c1nc(C)cs1. The lowest BCUT2D eigenvalue weighted by molar-refractivity contribution is 0.343. The Morgan fingerprint density at radius 1 is 1.33 bits per heavy atom. The molecular formula is C18H22N4OS. The standard InChI is InChI=1S/C18H22N4OS/c1-4-18(3,17-21-13(2)11-24-17)20-9-10-22-12-19-15-8-6-5-7-14(15)16(22)23/h5-8,11-12,20H,4,9-10H2,1-3H3. The molecule has 0 fully saturated rings. The van der Waals surface area contributed by atoms with Crippen LogP contribution in [0.3, 0.4) is 0 Å². The largest absolute Gasteiger partial charge is 0.304 e. The summed E-state index contributed by atoms with van der Waals surface area (Å²) in [5.41, 5.74) is 1.62. The van der Waals surface area contributed by atoms with Gasteiger partial charge >= 0.3 is 0 Å². The maximum atomic E-state index is 12.5. The molecule has 0 aliphatic carbocycles. The minimum atomic E-state index is -0.174. The number of hydrogen-bond donors (Lipinski definition) is 1. The zero-order valence-corrected chi connectivity index (χ0v) is 15.1. The number of rotatable bonds is 6. The Kier molecular flexibility index (Phi) is 4.78. The first-order valence-electron chi connectivity index (χ1n) is 8.15. The van der Waals surface area contributed by atoms with Crippen LogP contribution in [-0.4, -0.2) is 21.1 Å². The van der Waals surface area contributed by atoms with Crippen molar-refractivity contribution in [2.75, 3.05) is 6.54 Å². The smallest absolute Gasteiger partial charge is 0.261 e. The molecule has 1 aromatic carbocycles. The molecule has 0 bridgehead atoms. The lowest BCUT2D eigenvalue weighted by atomic mass is 10.00. The van der Waals surface area contributed by atoms with Crippen molar-refractivity contribution < 1.29 is 0 Å². The van der Waals surface area contributed by atoms with Gasteiger partial charge in [0.05, 0.1) is 22.8 Å². The molecule has 1 atom stereocenters. The molecule has 0 saturated heterocycles. The van der Waals surface area contributed by atoms with Crippen molar-refractivity contribution >= 4 is 22.2 Å². The summed E-state index contributed by atoms with van der Waals surface area (Å²) in [4.78, 5) is 21.5. The maximum absolute atomic E-state index is 12.5. The van der Waals surface area contributed by atoms with E-state index in [4.69, 9.17) is 0 Å². The first-order valence-corrected chi connectivity index (χ1v) is 9.03. The maximum Gasteiger partial charge on any atom is 0.261 e. The number of hydrogen-bond acceptors (Lipinski definition) is 5. The molecule has 1 N–H and O–H groups in total. The van der Waals surface area contributed by atoms with E-state index in [0.29, 0.717) is 18.5 Å². The van der Waals surface area contributed by atoms with Crippen LogP contribution in [0.5, 0.6) is 0 Å². The van der Waals surface area contributed by atoms with Crippen molar-refractivity contribution in [2.45, 2.75) is 39.3 Å². The van der Waals surface area contributed by atoms with Crippen molar-refractivity contribution in [3.05, 3.63) is 57.0 Å². The highest BCUT2D eigenvalue weighted by molar-refractivity contribution is 7.09. The van der Waals surface area contributed by atoms with Gasteiger partial charge in [0.25, 0.3) is 5.56 Å². The number of para-hydroxylation sites is 1. The van der Waals surface area contributed by atoms with Crippen LogP contribution in [0.15, 0.2) is 40.8 Å². The van der Waals surface area contributed by atoms with E-state index < -0.39 is 0 Å². The molecular weight excluding hydrogens is 320 g/mol. The fraction of sp³-hybridized carbons (Fsp3) is 0.389. The van der Waals surface area contributed by atoms with Crippen molar-refractivity contribution in [3.8, 4) is 0 Å². The number of nitrogens with one attached hydrogen (secondary N) is 1. The van der Waals surface area contributed by atoms with Crippen molar-refractivity contribution in [3.63, 3.8) is 0 Å². The average Bonchev–Trinajstić information content (AvgIpc) is 3.04. The molecule has 0 amide bonds. The van der Waals surface area contributed by atoms with E-state index in [2.05, 4.69) is 34.5 Å². The number of aryl methyl sites for hydroxylation is 1. The second-order valence-electron chi connectivity index (χ2n) is 6.17. The molecule has 126 valence electrons. The van der Waals surface area contributed by atoms with Crippen molar-refractivity contribution in [1.29, 1.82) is 0 Å². The van der Waals surface area contributed by atoms with Gasteiger partial charge in [-0.05, 0) is 32.4 Å². The van der Waals surface area contributed by atoms with Gasteiger partial charge in [0.15, 0.2) is 0 Å². The Labute approximate surface area is 145 Å². The summed E-state index contributed by atoms with van der Waals surface area (Å²) in [5.74, 6) is 0. The Morgan fingerprint density at radius 2 is 2.12 bits per heavy atom. The van der Waals surface area contributed by atoms with Crippen LogP contribution in [0.2, 0.25) is 0 Å². The number of benzene rings is 1. The highest BCUT2D eigenvalue weighted by atomic mass is 32.1. The summed E-state index contributed by atoms with van der Waals surface area (Å²) in [7, 11) is 0. The molecule has 0 spiro atoms. The van der Waals surface area contributed by atoms with E-state index in [0.717, 1.165) is 22.6 Å². The second kappa shape index (κ2) is 6.83. The number of fused-ring (bicyclic) bond motifs is 1. The van der Waals surface area contributed by atoms with Gasteiger partial charge in [0.2, 0.25) is 0 Å². The summed E-state index contributed by atoms with van der Waals surface area (Å²) in [6.07, 6.45) is 2.56. The Hall–Kier alpha value is -2.05. The number of aromatic nitrogens is 3. The molecule has 3 aromatic rings. The van der Waals surface area contributed by atoms with E-state index in [1.807, 2.05) is 31.2 Å². The minimum absolute atomic E-state index is 0.00527. The zero-order valence-electron chi connectivity index (χ0n) is 14.2. The predicted octanol–water partition coefficient (Wildman–Crippen LogP) is 3.08. The molecule has 2 heterocycles. The fourth-order valence-corrected chi connectivity index (χ4v) is 3.69. The molecule has 3 rings (SSSR count). The minimum Gasteiger partial charge on any atom is -0.304 e. The van der Waals surface area contributed by atoms with E-state index in [1.165, 1.54) is 0 Å². The van der Waals surface area contributed by atoms with Gasteiger partial charge in [-0.2, -0.15) is 0 Å². The topological polar surface area (TPSA) is 59.8 Å². The lowest BCUT2D eigenvalue weighted by Gasteiger charge is -2.27. The Balaban J connectivity index is 1.74. The molecule has 2 aromatic heterocycles. The Bertz CT molecular complexity index is 901. The average molecular weight is 342 g/mol. The highest BCUT2D eigenvalue weighted by Crippen LogP contribution is 2.27. The van der Waals surface area contributed by atoms with Crippen molar-refractivity contribution in [1.82, 2.24) is 19.9 Å². The highest BCUT2D eigenvalue weighted by Gasteiger charge is 2.26. The molecule has 5 nitrogen and oxygen atoms in total. The van der Waals surface area contributed by atoms with E-state index in [-0.39, 0.29) is 11.1 Å². The molecule has 0 radical (unpaired) electrons. The number of thiazole rings is 1. The third kappa shape index (κ3) is 3.25. The van der Waals surface area contributed by atoms with Crippen LogP contribution >= 0.6 is 11.3 Å². The van der Waals surface area contributed by atoms with Crippen LogP contribution in [0, 0.1) is 6.92 Å². The molecule has 6 heteroatoms.